The molecule has 0 saturated carbocycles. The molecular weight excluding hydrogens is 192 g/mol. The summed E-state index contributed by atoms with van der Waals surface area (Å²) in [5.74, 6) is 0.146. The van der Waals surface area contributed by atoms with Crippen LogP contribution in [0.4, 0.5) is 0 Å². The summed E-state index contributed by atoms with van der Waals surface area (Å²) >= 11 is 0. The molecule has 0 amide bonds. The van der Waals surface area contributed by atoms with E-state index in [0.717, 1.165) is 30.7 Å². The van der Waals surface area contributed by atoms with Crippen LogP contribution in [-0.4, -0.2) is 28.3 Å². The average molecular weight is 208 g/mol. The maximum atomic E-state index is 11.9. The van der Waals surface area contributed by atoms with Crippen molar-refractivity contribution in [2.75, 3.05) is 6.61 Å². The molecule has 2 rings (SSSR count). The zero-order chi connectivity index (χ0) is 10.8. The normalized spacial score (nSPS) is 20.8. The van der Waals surface area contributed by atoms with Crippen LogP contribution in [0.15, 0.2) is 6.20 Å². The number of hydrogen-bond acceptors (Lipinski definition) is 3. The van der Waals surface area contributed by atoms with Crippen LogP contribution in [-0.2, 0) is 11.8 Å². The maximum Gasteiger partial charge on any atom is 0.168 e. The van der Waals surface area contributed by atoms with Gasteiger partial charge in [0.25, 0.3) is 0 Å². The van der Waals surface area contributed by atoms with Gasteiger partial charge in [-0.1, -0.05) is 0 Å². The van der Waals surface area contributed by atoms with Crippen LogP contribution >= 0.6 is 0 Å². The van der Waals surface area contributed by atoms with Gasteiger partial charge in [-0.25, -0.2) is 0 Å². The Morgan fingerprint density at radius 1 is 1.73 bits per heavy atom. The lowest BCUT2D eigenvalue weighted by molar-refractivity contribution is 0.0775. The van der Waals surface area contributed by atoms with Gasteiger partial charge in [-0.3, -0.25) is 9.48 Å². The van der Waals surface area contributed by atoms with Gasteiger partial charge in [0.05, 0.1) is 17.4 Å². The lowest BCUT2D eigenvalue weighted by Gasteiger charge is -2.06. The first-order valence-electron chi connectivity index (χ1n) is 5.32. The van der Waals surface area contributed by atoms with Gasteiger partial charge in [-0.05, 0) is 19.8 Å². The van der Waals surface area contributed by atoms with Crippen molar-refractivity contribution >= 4 is 5.78 Å². The Kier molecular flexibility index (Phi) is 2.86. The predicted octanol–water partition coefficient (Wildman–Crippen LogP) is 1.48. The molecule has 4 heteroatoms. The van der Waals surface area contributed by atoms with Crippen LogP contribution in [0.5, 0.6) is 0 Å². The lowest BCUT2D eigenvalue weighted by Crippen LogP contribution is -2.12. The Balaban J connectivity index is 2.03. The van der Waals surface area contributed by atoms with Crippen molar-refractivity contribution in [2.24, 2.45) is 7.05 Å². The Labute approximate surface area is 89.2 Å². The SMILES string of the molecule is Cc1nn(C)cc1C(=O)CC1CCCO1. The largest absolute Gasteiger partial charge is 0.378 e. The summed E-state index contributed by atoms with van der Waals surface area (Å²) in [6, 6.07) is 0. The number of rotatable bonds is 3. The molecule has 0 aliphatic carbocycles. The van der Waals surface area contributed by atoms with Gasteiger partial charge in [0, 0.05) is 26.3 Å². The van der Waals surface area contributed by atoms with E-state index in [-0.39, 0.29) is 11.9 Å². The molecule has 4 nitrogen and oxygen atoms in total. The second-order valence-corrected chi connectivity index (χ2v) is 4.06. The second kappa shape index (κ2) is 4.14. The Morgan fingerprint density at radius 3 is 3.07 bits per heavy atom. The highest BCUT2D eigenvalue weighted by Crippen LogP contribution is 2.18. The third-order valence-corrected chi connectivity index (χ3v) is 2.75. The van der Waals surface area contributed by atoms with Crippen LogP contribution in [0, 0.1) is 6.92 Å². The van der Waals surface area contributed by atoms with Gasteiger partial charge in [0.2, 0.25) is 0 Å². The van der Waals surface area contributed by atoms with E-state index in [1.54, 1.807) is 10.9 Å². The Morgan fingerprint density at radius 2 is 2.53 bits per heavy atom. The van der Waals surface area contributed by atoms with Crippen molar-refractivity contribution < 1.29 is 9.53 Å². The predicted molar refractivity (Wildman–Crippen MR) is 55.9 cm³/mol. The van der Waals surface area contributed by atoms with Gasteiger partial charge >= 0.3 is 0 Å². The van der Waals surface area contributed by atoms with Crippen LogP contribution in [0.25, 0.3) is 0 Å². The number of aromatic nitrogens is 2. The Hall–Kier alpha value is -1.16. The van der Waals surface area contributed by atoms with Gasteiger partial charge in [0.1, 0.15) is 0 Å². The van der Waals surface area contributed by atoms with E-state index in [1.807, 2.05) is 14.0 Å². The molecular formula is C11H16N2O2. The fourth-order valence-electron chi connectivity index (χ4n) is 2.00. The molecule has 0 bridgehead atoms. The number of ketones is 1. The van der Waals surface area contributed by atoms with Crippen molar-refractivity contribution in [3.8, 4) is 0 Å². The molecule has 1 aliphatic heterocycles. The quantitative estimate of drug-likeness (QED) is 0.707. The summed E-state index contributed by atoms with van der Waals surface area (Å²) in [6.45, 7) is 2.66. The van der Waals surface area contributed by atoms with Crippen molar-refractivity contribution in [2.45, 2.75) is 32.3 Å². The molecule has 1 aromatic rings. The molecule has 2 heterocycles. The molecule has 0 aromatic carbocycles. The number of aryl methyl sites for hydroxylation is 2. The molecule has 0 spiro atoms. The molecule has 0 radical (unpaired) electrons. The molecule has 1 fully saturated rings. The van der Waals surface area contributed by atoms with E-state index in [1.165, 1.54) is 0 Å². The van der Waals surface area contributed by atoms with Crippen LogP contribution in [0.2, 0.25) is 0 Å². The number of Topliss-reactive ketones (excluding diaryl/α,β-unsaturated/α-hetero) is 1. The van der Waals surface area contributed by atoms with Crippen LogP contribution in [0.3, 0.4) is 0 Å². The number of hydrogen-bond donors (Lipinski definition) is 0. The fraction of sp³-hybridized carbons (Fsp3) is 0.636. The number of nitrogens with zero attached hydrogens (tertiary/aromatic N) is 2. The van der Waals surface area contributed by atoms with E-state index in [4.69, 9.17) is 4.74 Å². The van der Waals surface area contributed by atoms with E-state index in [2.05, 4.69) is 5.10 Å². The lowest BCUT2D eigenvalue weighted by atomic mass is 10.0. The summed E-state index contributed by atoms with van der Waals surface area (Å²) < 4.78 is 7.12. The van der Waals surface area contributed by atoms with Crippen molar-refractivity contribution in [1.29, 1.82) is 0 Å². The fourth-order valence-corrected chi connectivity index (χ4v) is 2.00. The summed E-state index contributed by atoms with van der Waals surface area (Å²) in [5, 5.41) is 4.16. The van der Waals surface area contributed by atoms with Gasteiger partial charge in [-0.15, -0.1) is 0 Å². The summed E-state index contributed by atoms with van der Waals surface area (Å²) in [4.78, 5) is 11.9. The first kappa shape index (κ1) is 10.4. The molecule has 1 saturated heterocycles. The van der Waals surface area contributed by atoms with Crippen molar-refractivity contribution in [3.63, 3.8) is 0 Å². The monoisotopic (exact) mass is 208 g/mol. The van der Waals surface area contributed by atoms with E-state index in [9.17, 15) is 4.79 Å². The minimum atomic E-state index is 0.122. The molecule has 1 unspecified atom stereocenters. The van der Waals surface area contributed by atoms with Crippen LogP contribution < -0.4 is 0 Å². The minimum Gasteiger partial charge on any atom is -0.378 e. The van der Waals surface area contributed by atoms with E-state index < -0.39 is 0 Å². The highest BCUT2D eigenvalue weighted by molar-refractivity contribution is 5.97. The summed E-state index contributed by atoms with van der Waals surface area (Å²) in [5.41, 5.74) is 1.54. The Bertz CT molecular complexity index is 365. The average Bonchev–Trinajstić information content (AvgIpc) is 2.75. The topological polar surface area (TPSA) is 44.1 Å². The van der Waals surface area contributed by atoms with Crippen molar-refractivity contribution in [1.82, 2.24) is 9.78 Å². The third kappa shape index (κ3) is 2.26. The second-order valence-electron chi connectivity index (χ2n) is 4.06. The molecule has 82 valence electrons. The van der Waals surface area contributed by atoms with Crippen molar-refractivity contribution in [3.05, 3.63) is 17.5 Å². The zero-order valence-corrected chi connectivity index (χ0v) is 9.19. The maximum absolute atomic E-state index is 11.9. The minimum absolute atomic E-state index is 0.122. The summed E-state index contributed by atoms with van der Waals surface area (Å²) in [6.07, 6.45) is 4.48. The standard InChI is InChI=1S/C11H16N2O2/c1-8-10(7-13(2)12-8)11(14)6-9-4-3-5-15-9/h7,9H,3-6H2,1-2H3. The number of ether oxygens (including phenoxy) is 1. The summed E-state index contributed by atoms with van der Waals surface area (Å²) in [7, 11) is 1.83. The number of carbonyl (C=O) groups is 1. The third-order valence-electron chi connectivity index (χ3n) is 2.75. The smallest absolute Gasteiger partial charge is 0.168 e. The molecule has 1 atom stereocenters. The first-order valence-corrected chi connectivity index (χ1v) is 5.32. The highest BCUT2D eigenvalue weighted by Gasteiger charge is 2.21. The van der Waals surface area contributed by atoms with Gasteiger partial charge < -0.3 is 4.74 Å². The van der Waals surface area contributed by atoms with Gasteiger partial charge in [0.15, 0.2) is 5.78 Å². The van der Waals surface area contributed by atoms with Gasteiger partial charge in [-0.2, -0.15) is 5.10 Å². The molecule has 1 aromatic heterocycles. The number of carbonyl (C=O) groups excluding carboxylic acids is 1. The highest BCUT2D eigenvalue weighted by atomic mass is 16.5. The van der Waals surface area contributed by atoms with Crippen LogP contribution in [0.1, 0.15) is 35.3 Å². The molecule has 1 aliphatic rings. The first-order chi connectivity index (χ1) is 7.16. The van der Waals surface area contributed by atoms with E-state index in [0.29, 0.717) is 6.42 Å². The zero-order valence-electron chi connectivity index (χ0n) is 9.19. The molecule has 0 N–H and O–H groups in total. The van der Waals surface area contributed by atoms with E-state index >= 15 is 0 Å². The molecule has 15 heavy (non-hydrogen) atoms.